The van der Waals surface area contributed by atoms with Gasteiger partial charge in [-0.3, -0.25) is 19.1 Å². The van der Waals surface area contributed by atoms with Gasteiger partial charge in [0.15, 0.2) is 0 Å². The third kappa shape index (κ3) is 4.30. The summed E-state index contributed by atoms with van der Waals surface area (Å²) in [4.78, 5) is 27.9. The Balaban J connectivity index is 1.80. The van der Waals surface area contributed by atoms with Crippen LogP contribution in [0.3, 0.4) is 0 Å². The lowest BCUT2D eigenvalue weighted by Gasteiger charge is -2.33. The molecule has 0 radical (unpaired) electrons. The summed E-state index contributed by atoms with van der Waals surface area (Å²) in [6.07, 6.45) is 0. The normalized spacial score (nSPS) is 14.5. The highest BCUT2D eigenvalue weighted by molar-refractivity contribution is 5.93. The fraction of sp³-hybridized carbons (Fsp3) is 0.381. The molecule has 2 amide bonds. The second kappa shape index (κ2) is 8.45. The number of nitriles is 1. The van der Waals surface area contributed by atoms with Crippen LogP contribution in [0.25, 0.3) is 5.69 Å². The van der Waals surface area contributed by atoms with E-state index in [9.17, 15) is 19.2 Å². The van der Waals surface area contributed by atoms with E-state index in [1.165, 1.54) is 12.1 Å². The number of rotatable bonds is 4. The van der Waals surface area contributed by atoms with Gasteiger partial charge in [-0.15, -0.1) is 0 Å². The minimum absolute atomic E-state index is 0.0378. The van der Waals surface area contributed by atoms with E-state index < -0.39 is 0 Å². The number of aromatic nitrogens is 1. The van der Waals surface area contributed by atoms with Crippen LogP contribution < -0.4 is 5.32 Å². The number of halogens is 1. The molecule has 1 saturated heterocycles. The number of nitrogens with one attached hydrogen (secondary N) is 1. The first-order chi connectivity index (χ1) is 13.8. The quantitative estimate of drug-likeness (QED) is 0.858. The molecule has 0 atom stereocenters. The smallest absolute Gasteiger partial charge is 0.239 e. The van der Waals surface area contributed by atoms with Crippen molar-refractivity contribution in [1.29, 1.82) is 5.26 Å². The highest BCUT2D eigenvalue weighted by atomic mass is 19.1. The zero-order valence-corrected chi connectivity index (χ0v) is 16.8. The number of hydrogen-bond donors (Lipinski definition) is 1. The molecule has 3 rings (SSSR count). The summed E-state index contributed by atoms with van der Waals surface area (Å²) in [6.45, 7) is 7.82. The zero-order valence-electron chi connectivity index (χ0n) is 16.8. The first-order valence-electron chi connectivity index (χ1n) is 9.47. The zero-order chi connectivity index (χ0) is 21.1. The van der Waals surface area contributed by atoms with E-state index >= 15 is 0 Å². The van der Waals surface area contributed by atoms with Crippen LogP contribution in [0.1, 0.15) is 23.7 Å². The van der Waals surface area contributed by atoms with Gasteiger partial charge in [-0.1, -0.05) is 0 Å². The maximum Gasteiger partial charge on any atom is 0.239 e. The number of benzene rings is 1. The summed E-state index contributed by atoms with van der Waals surface area (Å²) in [5, 5.41) is 12.5. The Labute approximate surface area is 169 Å². The Bertz CT molecular complexity index is 966. The van der Waals surface area contributed by atoms with E-state index in [-0.39, 0.29) is 24.2 Å². The number of carbonyl (C=O) groups is 2. The molecule has 0 spiro atoms. The largest absolute Gasteiger partial charge is 0.340 e. The van der Waals surface area contributed by atoms with Gasteiger partial charge < -0.3 is 10.2 Å². The molecule has 1 fully saturated rings. The predicted molar refractivity (Wildman–Crippen MR) is 107 cm³/mol. The molecule has 0 bridgehead atoms. The molecular weight excluding hydrogens is 373 g/mol. The number of nitrogens with zero attached hydrogens (tertiary/aromatic N) is 4. The molecule has 1 aliphatic heterocycles. The molecule has 0 aliphatic carbocycles. The fourth-order valence-electron chi connectivity index (χ4n) is 3.57. The van der Waals surface area contributed by atoms with Gasteiger partial charge in [-0.2, -0.15) is 5.26 Å². The van der Waals surface area contributed by atoms with Crippen molar-refractivity contribution in [3.05, 3.63) is 46.9 Å². The molecule has 2 heterocycles. The van der Waals surface area contributed by atoms with Gasteiger partial charge in [0, 0.05) is 44.5 Å². The minimum atomic E-state index is -0.355. The van der Waals surface area contributed by atoms with Crippen LogP contribution in [0, 0.1) is 31.0 Å². The van der Waals surface area contributed by atoms with Crippen LogP contribution in [-0.2, 0) is 9.59 Å². The van der Waals surface area contributed by atoms with Gasteiger partial charge in [-0.25, -0.2) is 4.39 Å². The number of carbonyl (C=O) groups excluding carboxylic acids is 2. The number of piperazine rings is 1. The number of hydrogen-bond acceptors (Lipinski definition) is 4. The van der Waals surface area contributed by atoms with Crippen LogP contribution in [0.15, 0.2) is 24.3 Å². The summed E-state index contributed by atoms with van der Waals surface area (Å²) >= 11 is 0. The first kappa shape index (κ1) is 20.6. The maximum absolute atomic E-state index is 13.3. The summed E-state index contributed by atoms with van der Waals surface area (Å²) in [6, 6.07) is 8.07. The third-order valence-electron chi connectivity index (χ3n) is 5.35. The predicted octanol–water partition coefficient (Wildman–Crippen LogP) is 2.21. The topological polar surface area (TPSA) is 81.4 Å². The summed E-state index contributed by atoms with van der Waals surface area (Å²) < 4.78 is 15.1. The van der Waals surface area contributed by atoms with E-state index in [0.29, 0.717) is 43.2 Å². The lowest BCUT2D eigenvalue weighted by molar-refractivity contribution is -0.130. The molecule has 8 heteroatoms. The summed E-state index contributed by atoms with van der Waals surface area (Å²) in [5.41, 5.74) is 2.63. The second-order valence-electron chi connectivity index (χ2n) is 7.19. The SMILES string of the molecule is CC(=O)N1CCN(CC(=O)Nc2c(C#N)c(C)c(C)n2-c2ccc(F)cc2)CC1. The van der Waals surface area contributed by atoms with Crippen LogP contribution in [0.4, 0.5) is 10.2 Å². The van der Waals surface area contributed by atoms with Crippen molar-refractivity contribution in [3.8, 4) is 11.8 Å². The van der Waals surface area contributed by atoms with Crippen molar-refractivity contribution < 1.29 is 14.0 Å². The first-order valence-corrected chi connectivity index (χ1v) is 9.47. The van der Waals surface area contributed by atoms with Gasteiger partial charge in [0.2, 0.25) is 11.8 Å². The van der Waals surface area contributed by atoms with E-state index in [1.54, 1.807) is 28.5 Å². The van der Waals surface area contributed by atoms with Crippen LogP contribution in [0.5, 0.6) is 0 Å². The van der Waals surface area contributed by atoms with Crippen molar-refractivity contribution >= 4 is 17.6 Å². The van der Waals surface area contributed by atoms with Crippen molar-refractivity contribution in [2.45, 2.75) is 20.8 Å². The third-order valence-corrected chi connectivity index (χ3v) is 5.35. The van der Waals surface area contributed by atoms with Gasteiger partial charge in [-0.05, 0) is 43.7 Å². The molecule has 29 heavy (non-hydrogen) atoms. The Morgan fingerprint density at radius 2 is 1.76 bits per heavy atom. The van der Waals surface area contributed by atoms with Crippen LogP contribution in [0.2, 0.25) is 0 Å². The average Bonchev–Trinajstić information content (AvgIpc) is 2.92. The van der Waals surface area contributed by atoms with E-state index in [0.717, 1.165) is 11.3 Å². The van der Waals surface area contributed by atoms with Crippen molar-refractivity contribution in [3.63, 3.8) is 0 Å². The highest BCUT2D eigenvalue weighted by Crippen LogP contribution is 2.30. The average molecular weight is 397 g/mol. The molecule has 1 aromatic carbocycles. The molecule has 1 aromatic heterocycles. The Morgan fingerprint density at radius 1 is 1.14 bits per heavy atom. The van der Waals surface area contributed by atoms with Crippen molar-refractivity contribution in [2.24, 2.45) is 0 Å². The Hall–Kier alpha value is -3.18. The van der Waals surface area contributed by atoms with E-state index in [2.05, 4.69) is 11.4 Å². The maximum atomic E-state index is 13.3. The van der Waals surface area contributed by atoms with Crippen LogP contribution in [-0.4, -0.2) is 58.9 Å². The van der Waals surface area contributed by atoms with Crippen molar-refractivity contribution in [2.75, 3.05) is 38.0 Å². The van der Waals surface area contributed by atoms with Crippen LogP contribution >= 0.6 is 0 Å². The summed E-state index contributed by atoms with van der Waals surface area (Å²) in [5.74, 6) is -0.165. The minimum Gasteiger partial charge on any atom is -0.340 e. The van der Waals surface area contributed by atoms with Gasteiger partial charge in [0.25, 0.3) is 0 Å². The number of amides is 2. The molecule has 0 saturated carbocycles. The molecule has 152 valence electrons. The van der Waals surface area contributed by atoms with E-state index in [4.69, 9.17) is 0 Å². The van der Waals surface area contributed by atoms with E-state index in [1.807, 2.05) is 18.7 Å². The molecule has 7 nitrogen and oxygen atoms in total. The summed E-state index contributed by atoms with van der Waals surface area (Å²) in [7, 11) is 0. The number of anilines is 1. The molecule has 1 N–H and O–H groups in total. The Morgan fingerprint density at radius 3 is 2.31 bits per heavy atom. The Kier molecular flexibility index (Phi) is 5.99. The van der Waals surface area contributed by atoms with Crippen molar-refractivity contribution in [1.82, 2.24) is 14.4 Å². The fourth-order valence-corrected chi connectivity index (χ4v) is 3.57. The molecular formula is C21H24FN5O2. The lowest BCUT2D eigenvalue weighted by Crippen LogP contribution is -2.49. The second-order valence-corrected chi connectivity index (χ2v) is 7.19. The lowest BCUT2D eigenvalue weighted by atomic mass is 10.2. The molecule has 2 aromatic rings. The molecule has 1 aliphatic rings. The van der Waals surface area contributed by atoms with Gasteiger partial charge in [0.1, 0.15) is 17.7 Å². The monoisotopic (exact) mass is 397 g/mol. The van der Waals surface area contributed by atoms with Gasteiger partial charge >= 0.3 is 0 Å². The van der Waals surface area contributed by atoms with Gasteiger partial charge in [0.05, 0.1) is 12.1 Å². The highest BCUT2D eigenvalue weighted by Gasteiger charge is 2.23. The standard InChI is InChI=1S/C21H24FN5O2/c1-14-15(2)27(18-6-4-17(22)5-7-18)21(19(14)12-23)24-20(29)13-25-8-10-26(11-9-25)16(3)28/h4-7H,8-11,13H2,1-3H3,(H,24,29). The molecule has 0 unspecified atom stereocenters.